The third kappa shape index (κ3) is 4.44. The standard InChI is InChI=1S/C16H31NO2/c1-3-18-16(19-4-2)11-13-17-12-7-9-14-8-5-6-10-15(14)17/h14-16H,3-13H2,1-2H3. The van der Waals surface area contributed by atoms with Gasteiger partial charge in [-0.2, -0.15) is 0 Å². The molecule has 1 aliphatic heterocycles. The molecule has 1 saturated heterocycles. The number of piperidine rings is 1. The normalized spacial score (nSPS) is 28.6. The van der Waals surface area contributed by atoms with Crippen molar-refractivity contribution in [3.63, 3.8) is 0 Å². The lowest BCUT2D eigenvalue weighted by Gasteiger charge is -2.44. The molecule has 0 aromatic carbocycles. The average Bonchev–Trinajstić information content (AvgIpc) is 2.45. The Bertz CT molecular complexity index is 239. The van der Waals surface area contributed by atoms with E-state index in [1.165, 1.54) is 45.1 Å². The van der Waals surface area contributed by atoms with Crippen molar-refractivity contribution in [2.24, 2.45) is 5.92 Å². The lowest BCUT2D eigenvalue weighted by Crippen LogP contribution is -2.47. The Balaban J connectivity index is 1.79. The van der Waals surface area contributed by atoms with Gasteiger partial charge >= 0.3 is 0 Å². The highest BCUT2D eigenvalue weighted by molar-refractivity contribution is 4.87. The van der Waals surface area contributed by atoms with Crippen LogP contribution >= 0.6 is 0 Å². The van der Waals surface area contributed by atoms with Crippen LogP contribution in [0, 0.1) is 5.92 Å². The number of hydrogen-bond acceptors (Lipinski definition) is 3. The first-order chi connectivity index (χ1) is 9.35. The maximum Gasteiger partial charge on any atom is 0.158 e. The summed E-state index contributed by atoms with van der Waals surface area (Å²) in [4.78, 5) is 2.72. The third-order valence-corrected chi connectivity index (χ3v) is 4.72. The van der Waals surface area contributed by atoms with Crippen LogP contribution < -0.4 is 0 Å². The van der Waals surface area contributed by atoms with Crippen LogP contribution in [0.4, 0.5) is 0 Å². The Morgan fingerprint density at radius 3 is 2.42 bits per heavy atom. The topological polar surface area (TPSA) is 21.7 Å². The van der Waals surface area contributed by atoms with E-state index in [1.807, 2.05) is 13.8 Å². The van der Waals surface area contributed by atoms with Crippen molar-refractivity contribution >= 4 is 0 Å². The molecule has 2 unspecified atom stereocenters. The minimum Gasteiger partial charge on any atom is -0.353 e. The first-order valence-electron chi connectivity index (χ1n) is 8.32. The van der Waals surface area contributed by atoms with Gasteiger partial charge in [-0.15, -0.1) is 0 Å². The van der Waals surface area contributed by atoms with E-state index >= 15 is 0 Å². The van der Waals surface area contributed by atoms with E-state index in [0.717, 1.165) is 38.1 Å². The van der Waals surface area contributed by atoms with Crippen molar-refractivity contribution in [3.8, 4) is 0 Å². The summed E-state index contributed by atoms with van der Waals surface area (Å²) in [6.07, 6.45) is 9.62. The van der Waals surface area contributed by atoms with Crippen LogP contribution in [0.1, 0.15) is 58.8 Å². The van der Waals surface area contributed by atoms with Gasteiger partial charge in [-0.1, -0.05) is 12.8 Å². The summed E-state index contributed by atoms with van der Waals surface area (Å²) < 4.78 is 11.3. The molecule has 1 heterocycles. The Hall–Kier alpha value is -0.120. The largest absolute Gasteiger partial charge is 0.353 e. The zero-order valence-electron chi connectivity index (χ0n) is 12.8. The van der Waals surface area contributed by atoms with Crippen LogP contribution in [0.15, 0.2) is 0 Å². The number of nitrogens with zero attached hydrogens (tertiary/aromatic N) is 1. The lowest BCUT2D eigenvalue weighted by molar-refractivity contribution is -0.143. The molecule has 0 radical (unpaired) electrons. The summed E-state index contributed by atoms with van der Waals surface area (Å²) in [5.41, 5.74) is 0. The highest BCUT2D eigenvalue weighted by Crippen LogP contribution is 2.35. The maximum atomic E-state index is 5.66. The van der Waals surface area contributed by atoms with Gasteiger partial charge < -0.3 is 9.47 Å². The fourth-order valence-corrected chi connectivity index (χ4v) is 3.86. The Labute approximate surface area is 118 Å². The highest BCUT2D eigenvalue weighted by atomic mass is 16.7. The smallest absolute Gasteiger partial charge is 0.158 e. The number of hydrogen-bond donors (Lipinski definition) is 0. The van der Waals surface area contributed by atoms with E-state index in [4.69, 9.17) is 9.47 Å². The first-order valence-corrected chi connectivity index (χ1v) is 8.32. The lowest BCUT2D eigenvalue weighted by atomic mass is 9.78. The predicted octanol–water partition coefficient (Wildman–Crippen LogP) is 3.43. The second-order valence-electron chi connectivity index (χ2n) is 5.92. The zero-order valence-corrected chi connectivity index (χ0v) is 12.8. The molecule has 0 bridgehead atoms. The van der Waals surface area contributed by atoms with Crippen LogP contribution in [0.5, 0.6) is 0 Å². The number of ether oxygens (including phenoxy) is 2. The van der Waals surface area contributed by atoms with Gasteiger partial charge in [0.25, 0.3) is 0 Å². The molecular formula is C16H31NO2. The van der Waals surface area contributed by atoms with E-state index in [1.54, 1.807) is 0 Å². The molecule has 0 aromatic heterocycles. The molecule has 3 heteroatoms. The number of likely N-dealkylation sites (tertiary alicyclic amines) is 1. The van der Waals surface area contributed by atoms with E-state index in [2.05, 4.69) is 4.90 Å². The molecule has 1 saturated carbocycles. The van der Waals surface area contributed by atoms with Gasteiger partial charge in [0.1, 0.15) is 0 Å². The molecule has 3 nitrogen and oxygen atoms in total. The fourth-order valence-electron chi connectivity index (χ4n) is 3.86. The molecule has 2 aliphatic rings. The van der Waals surface area contributed by atoms with Gasteiger partial charge in [-0.05, 0) is 52.0 Å². The molecule has 19 heavy (non-hydrogen) atoms. The Morgan fingerprint density at radius 2 is 1.68 bits per heavy atom. The van der Waals surface area contributed by atoms with Crippen molar-refractivity contribution in [1.82, 2.24) is 4.90 Å². The second kappa shape index (κ2) is 8.23. The van der Waals surface area contributed by atoms with Gasteiger partial charge in [-0.3, -0.25) is 4.90 Å². The Kier molecular flexibility index (Phi) is 6.62. The minimum absolute atomic E-state index is 0.000956. The predicted molar refractivity (Wildman–Crippen MR) is 78.2 cm³/mol. The summed E-state index contributed by atoms with van der Waals surface area (Å²) in [7, 11) is 0. The molecule has 112 valence electrons. The maximum absolute atomic E-state index is 5.66. The average molecular weight is 269 g/mol. The molecular weight excluding hydrogens is 238 g/mol. The quantitative estimate of drug-likeness (QED) is 0.661. The molecule has 2 fully saturated rings. The third-order valence-electron chi connectivity index (χ3n) is 4.72. The summed E-state index contributed by atoms with van der Waals surface area (Å²) in [5.74, 6) is 0.972. The van der Waals surface area contributed by atoms with Crippen molar-refractivity contribution in [3.05, 3.63) is 0 Å². The fraction of sp³-hybridized carbons (Fsp3) is 1.00. The summed E-state index contributed by atoms with van der Waals surface area (Å²) in [6, 6.07) is 0.853. The Morgan fingerprint density at radius 1 is 1.00 bits per heavy atom. The molecule has 0 spiro atoms. The molecule has 0 aromatic rings. The van der Waals surface area contributed by atoms with Crippen LogP contribution in [0.3, 0.4) is 0 Å². The monoisotopic (exact) mass is 269 g/mol. The van der Waals surface area contributed by atoms with Crippen LogP contribution in [0.25, 0.3) is 0 Å². The van der Waals surface area contributed by atoms with Gasteiger partial charge in [-0.25, -0.2) is 0 Å². The van der Waals surface area contributed by atoms with E-state index in [-0.39, 0.29) is 6.29 Å². The van der Waals surface area contributed by atoms with Crippen LogP contribution in [0.2, 0.25) is 0 Å². The summed E-state index contributed by atoms with van der Waals surface area (Å²) >= 11 is 0. The SMILES string of the molecule is CCOC(CCN1CCCC2CCCCC21)OCC. The van der Waals surface area contributed by atoms with Gasteiger partial charge in [0.05, 0.1) is 0 Å². The zero-order chi connectivity index (χ0) is 13.5. The van der Waals surface area contributed by atoms with Crippen molar-refractivity contribution in [1.29, 1.82) is 0 Å². The van der Waals surface area contributed by atoms with Gasteiger partial charge in [0.15, 0.2) is 6.29 Å². The second-order valence-corrected chi connectivity index (χ2v) is 5.92. The first kappa shape index (κ1) is 15.3. The van der Waals surface area contributed by atoms with E-state index in [0.29, 0.717) is 0 Å². The van der Waals surface area contributed by atoms with E-state index in [9.17, 15) is 0 Å². The van der Waals surface area contributed by atoms with Crippen LogP contribution in [-0.4, -0.2) is 43.5 Å². The van der Waals surface area contributed by atoms with Gasteiger partial charge in [0, 0.05) is 32.2 Å². The molecule has 1 aliphatic carbocycles. The molecule has 2 rings (SSSR count). The summed E-state index contributed by atoms with van der Waals surface area (Å²) in [5, 5.41) is 0. The van der Waals surface area contributed by atoms with Crippen molar-refractivity contribution in [2.75, 3.05) is 26.3 Å². The number of rotatable bonds is 7. The molecule has 0 N–H and O–H groups in total. The number of fused-ring (bicyclic) bond motifs is 1. The molecule has 2 atom stereocenters. The van der Waals surface area contributed by atoms with E-state index < -0.39 is 0 Å². The minimum atomic E-state index is -0.000956. The van der Waals surface area contributed by atoms with Crippen molar-refractivity contribution < 1.29 is 9.47 Å². The molecule has 0 amide bonds. The van der Waals surface area contributed by atoms with Crippen molar-refractivity contribution in [2.45, 2.75) is 71.1 Å². The summed E-state index contributed by atoms with van der Waals surface area (Å²) in [6.45, 7) is 8.01. The highest BCUT2D eigenvalue weighted by Gasteiger charge is 2.33. The van der Waals surface area contributed by atoms with Crippen LogP contribution in [-0.2, 0) is 9.47 Å². The van der Waals surface area contributed by atoms with Gasteiger partial charge in [0.2, 0.25) is 0 Å².